The highest BCUT2D eigenvalue weighted by molar-refractivity contribution is 5.85. The van der Waals surface area contributed by atoms with Gasteiger partial charge in [-0.2, -0.15) is 0 Å². The van der Waals surface area contributed by atoms with Gasteiger partial charge in [-0.25, -0.2) is 0 Å². The SMILES string of the molecule is CNCC1CCN(C(=O)C2CCCOC2c2ccccc2)CC1.Cl. The lowest BCUT2D eigenvalue weighted by Gasteiger charge is -2.38. The van der Waals surface area contributed by atoms with Crippen LogP contribution in [0, 0.1) is 11.8 Å². The molecule has 5 heteroatoms. The number of nitrogens with zero attached hydrogens (tertiary/aromatic N) is 1. The Kier molecular flexibility index (Phi) is 7.53. The van der Waals surface area contributed by atoms with E-state index in [0.717, 1.165) is 57.5 Å². The minimum absolute atomic E-state index is 0. The van der Waals surface area contributed by atoms with Crippen LogP contribution in [0.1, 0.15) is 37.4 Å². The Morgan fingerprint density at radius 2 is 1.92 bits per heavy atom. The number of piperidine rings is 1. The summed E-state index contributed by atoms with van der Waals surface area (Å²) in [4.78, 5) is 15.1. The quantitative estimate of drug-likeness (QED) is 0.905. The van der Waals surface area contributed by atoms with E-state index in [2.05, 4.69) is 22.3 Å². The van der Waals surface area contributed by atoms with Crippen molar-refractivity contribution in [1.29, 1.82) is 0 Å². The lowest BCUT2D eigenvalue weighted by atomic mass is 9.87. The second-order valence-electron chi connectivity index (χ2n) is 6.78. The van der Waals surface area contributed by atoms with Crippen LogP contribution >= 0.6 is 12.4 Å². The molecule has 1 amide bonds. The number of benzene rings is 1. The van der Waals surface area contributed by atoms with Crippen molar-refractivity contribution >= 4 is 18.3 Å². The summed E-state index contributed by atoms with van der Waals surface area (Å²) in [5, 5.41) is 3.25. The van der Waals surface area contributed by atoms with Crippen LogP contribution in [-0.4, -0.2) is 44.1 Å². The van der Waals surface area contributed by atoms with E-state index >= 15 is 0 Å². The van der Waals surface area contributed by atoms with Crippen LogP contribution in [0.5, 0.6) is 0 Å². The molecule has 2 saturated heterocycles. The molecule has 2 atom stereocenters. The van der Waals surface area contributed by atoms with E-state index in [1.54, 1.807) is 0 Å². The molecule has 1 aromatic carbocycles. The van der Waals surface area contributed by atoms with E-state index in [0.29, 0.717) is 11.8 Å². The Bertz CT molecular complexity index is 503. The molecule has 0 saturated carbocycles. The van der Waals surface area contributed by atoms with Crippen LogP contribution in [0.2, 0.25) is 0 Å². The number of carbonyl (C=O) groups excluding carboxylic acids is 1. The molecule has 0 bridgehead atoms. The number of ether oxygens (including phenoxy) is 1. The van der Waals surface area contributed by atoms with Crippen molar-refractivity contribution in [3.63, 3.8) is 0 Å². The minimum atomic E-state index is -0.0764. The summed E-state index contributed by atoms with van der Waals surface area (Å²) in [5.41, 5.74) is 1.13. The fraction of sp³-hybridized carbons (Fsp3) is 0.632. The number of hydrogen-bond acceptors (Lipinski definition) is 3. The summed E-state index contributed by atoms with van der Waals surface area (Å²) in [6.45, 7) is 3.60. The molecule has 0 spiro atoms. The van der Waals surface area contributed by atoms with Gasteiger partial charge < -0.3 is 15.0 Å². The maximum absolute atomic E-state index is 13.0. The highest BCUT2D eigenvalue weighted by Crippen LogP contribution is 2.35. The molecule has 2 unspecified atom stereocenters. The lowest BCUT2D eigenvalue weighted by molar-refractivity contribution is -0.146. The van der Waals surface area contributed by atoms with Crippen molar-refractivity contribution in [3.8, 4) is 0 Å². The van der Waals surface area contributed by atoms with Crippen LogP contribution in [0.3, 0.4) is 0 Å². The topological polar surface area (TPSA) is 41.6 Å². The zero-order valence-corrected chi connectivity index (χ0v) is 15.3. The van der Waals surface area contributed by atoms with Crippen molar-refractivity contribution in [2.24, 2.45) is 11.8 Å². The fourth-order valence-corrected chi connectivity index (χ4v) is 3.89. The van der Waals surface area contributed by atoms with Gasteiger partial charge in [0.15, 0.2) is 0 Å². The molecule has 4 nitrogen and oxygen atoms in total. The third kappa shape index (κ3) is 4.50. The largest absolute Gasteiger partial charge is 0.373 e. The summed E-state index contributed by atoms with van der Waals surface area (Å²) in [5.74, 6) is 0.977. The molecule has 1 aromatic rings. The Morgan fingerprint density at radius 1 is 1.21 bits per heavy atom. The van der Waals surface area contributed by atoms with Gasteiger partial charge in [0, 0.05) is 19.7 Å². The first-order valence-corrected chi connectivity index (χ1v) is 8.89. The third-order valence-corrected chi connectivity index (χ3v) is 5.19. The molecule has 0 radical (unpaired) electrons. The third-order valence-electron chi connectivity index (χ3n) is 5.19. The fourth-order valence-electron chi connectivity index (χ4n) is 3.89. The second kappa shape index (κ2) is 9.40. The van der Waals surface area contributed by atoms with E-state index < -0.39 is 0 Å². The van der Waals surface area contributed by atoms with Gasteiger partial charge >= 0.3 is 0 Å². The van der Waals surface area contributed by atoms with Gasteiger partial charge in [-0.1, -0.05) is 30.3 Å². The summed E-state index contributed by atoms with van der Waals surface area (Å²) >= 11 is 0. The normalized spacial score (nSPS) is 25.1. The number of nitrogens with one attached hydrogen (secondary N) is 1. The van der Waals surface area contributed by atoms with E-state index in [4.69, 9.17) is 4.74 Å². The summed E-state index contributed by atoms with van der Waals surface area (Å²) in [6, 6.07) is 10.2. The molecule has 2 heterocycles. The molecular formula is C19H29ClN2O2. The van der Waals surface area contributed by atoms with Gasteiger partial charge in [-0.05, 0) is 50.8 Å². The van der Waals surface area contributed by atoms with E-state index in [9.17, 15) is 4.79 Å². The predicted molar refractivity (Wildman–Crippen MR) is 98.3 cm³/mol. The van der Waals surface area contributed by atoms with Crippen molar-refractivity contribution in [1.82, 2.24) is 10.2 Å². The maximum Gasteiger partial charge on any atom is 0.228 e. The zero-order valence-electron chi connectivity index (χ0n) is 14.4. The van der Waals surface area contributed by atoms with Gasteiger partial charge in [-0.15, -0.1) is 12.4 Å². The van der Waals surface area contributed by atoms with Gasteiger partial charge in [-0.3, -0.25) is 4.79 Å². The molecule has 2 aliphatic rings. The lowest BCUT2D eigenvalue weighted by Crippen LogP contribution is -2.45. The van der Waals surface area contributed by atoms with Crippen molar-refractivity contribution in [2.45, 2.75) is 31.8 Å². The van der Waals surface area contributed by atoms with Gasteiger partial charge in [0.25, 0.3) is 0 Å². The molecular weight excluding hydrogens is 324 g/mol. The molecule has 0 aromatic heterocycles. The van der Waals surface area contributed by atoms with Crippen molar-refractivity contribution in [2.75, 3.05) is 33.3 Å². The van der Waals surface area contributed by atoms with Crippen LogP contribution in [0.4, 0.5) is 0 Å². The van der Waals surface area contributed by atoms with Crippen LogP contribution in [-0.2, 0) is 9.53 Å². The molecule has 2 fully saturated rings. The second-order valence-corrected chi connectivity index (χ2v) is 6.78. The number of rotatable bonds is 4. The van der Waals surface area contributed by atoms with Crippen LogP contribution < -0.4 is 5.32 Å². The Hall–Kier alpha value is -1.10. The van der Waals surface area contributed by atoms with E-state index in [1.807, 2.05) is 25.2 Å². The highest BCUT2D eigenvalue weighted by atomic mass is 35.5. The molecule has 0 aliphatic carbocycles. The summed E-state index contributed by atoms with van der Waals surface area (Å²) in [7, 11) is 2.00. The predicted octanol–water partition coefficient (Wildman–Crippen LogP) is 3.03. The number of likely N-dealkylation sites (tertiary alicyclic amines) is 1. The summed E-state index contributed by atoms with van der Waals surface area (Å²) in [6.07, 6.45) is 4.06. The van der Waals surface area contributed by atoms with E-state index in [-0.39, 0.29) is 24.4 Å². The summed E-state index contributed by atoms with van der Waals surface area (Å²) < 4.78 is 5.99. The Labute approximate surface area is 151 Å². The average Bonchev–Trinajstić information content (AvgIpc) is 2.63. The highest BCUT2D eigenvalue weighted by Gasteiger charge is 2.36. The van der Waals surface area contributed by atoms with Crippen molar-refractivity contribution in [3.05, 3.63) is 35.9 Å². The van der Waals surface area contributed by atoms with E-state index in [1.165, 1.54) is 0 Å². The first kappa shape index (κ1) is 19.2. The Morgan fingerprint density at radius 3 is 2.58 bits per heavy atom. The monoisotopic (exact) mass is 352 g/mol. The molecule has 3 rings (SSSR count). The average molecular weight is 353 g/mol. The first-order valence-electron chi connectivity index (χ1n) is 8.89. The Balaban J connectivity index is 0.00000208. The maximum atomic E-state index is 13.0. The van der Waals surface area contributed by atoms with Crippen LogP contribution in [0.25, 0.3) is 0 Å². The molecule has 24 heavy (non-hydrogen) atoms. The van der Waals surface area contributed by atoms with Gasteiger partial charge in [0.1, 0.15) is 0 Å². The van der Waals surface area contributed by atoms with Gasteiger partial charge in [0.05, 0.1) is 12.0 Å². The first-order chi connectivity index (χ1) is 11.3. The number of carbonyl (C=O) groups is 1. The standard InChI is InChI=1S/C19H28N2O2.ClH/c1-20-14-15-9-11-21(12-10-15)19(22)17-8-5-13-23-18(17)16-6-3-2-4-7-16;/h2-4,6-7,15,17-18,20H,5,8-14H2,1H3;1H. The van der Waals surface area contributed by atoms with Crippen LogP contribution in [0.15, 0.2) is 30.3 Å². The van der Waals surface area contributed by atoms with Gasteiger partial charge in [0.2, 0.25) is 5.91 Å². The number of hydrogen-bond donors (Lipinski definition) is 1. The molecule has 1 N–H and O–H groups in total. The minimum Gasteiger partial charge on any atom is -0.373 e. The molecule has 134 valence electrons. The van der Waals surface area contributed by atoms with Crippen molar-refractivity contribution < 1.29 is 9.53 Å². The molecule has 2 aliphatic heterocycles. The number of amides is 1. The zero-order chi connectivity index (χ0) is 16.1. The smallest absolute Gasteiger partial charge is 0.228 e. The number of halogens is 1.